The minimum absolute atomic E-state index is 0.110. The summed E-state index contributed by atoms with van der Waals surface area (Å²) in [6.07, 6.45) is 4.19. The molecule has 0 radical (unpaired) electrons. The Morgan fingerprint density at radius 1 is 1.03 bits per heavy atom. The highest BCUT2D eigenvalue weighted by molar-refractivity contribution is 5.92. The van der Waals surface area contributed by atoms with Gasteiger partial charge in [0.25, 0.3) is 0 Å². The van der Waals surface area contributed by atoms with Crippen LogP contribution in [0.15, 0.2) is 48.5 Å². The van der Waals surface area contributed by atoms with Crippen molar-refractivity contribution in [2.75, 3.05) is 13.7 Å². The number of amides is 1. The lowest BCUT2D eigenvalue weighted by atomic mass is 10.0. The van der Waals surface area contributed by atoms with Crippen molar-refractivity contribution in [1.29, 1.82) is 0 Å². The summed E-state index contributed by atoms with van der Waals surface area (Å²) in [5.41, 5.74) is 1.10. The maximum absolute atomic E-state index is 12.8. The molecule has 5 nitrogen and oxygen atoms in total. The van der Waals surface area contributed by atoms with Crippen LogP contribution in [-0.2, 0) is 4.79 Å². The molecule has 1 saturated heterocycles. The maximum atomic E-state index is 12.8. The van der Waals surface area contributed by atoms with Gasteiger partial charge in [-0.05, 0) is 48.7 Å². The highest BCUT2D eigenvalue weighted by Gasteiger charge is 2.28. The molecule has 31 heavy (non-hydrogen) atoms. The fourth-order valence-corrected chi connectivity index (χ4v) is 3.49. The van der Waals surface area contributed by atoms with E-state index >= 15 is 0 Å². The number of ether oxygens (including phenoxy) is 3. The minimum Gasteiger partial charge on any atom is -0.497 e. The highest BCUT2D eigenvalue weighted by Crippen LogP contribution is 2.33. The Morgan fingerprint density at radius 3 is 2.35 bits per heavy atom. The zero-order chi connectivity index (χ0) is 22.4. The standard InChI is InChI=1S/C22H21F4NO4/c1-29-16-8-4-14(5-9-16)18-3-2-12-27(18)20(28)11-7-15-6-10-17(30-21(23)24)13-19(15)31-22(25)26/h4-11,13,18,21-22H,2-3,12H2,1H3. The molecule has 9 heteroatoms. The number of nitrogens with zero attached hydrogens (tertiary/aromatic N) is 1. The minimum atomic E-state index is -3.16. The van der Waals surface area contributed by atoms with Gasteiger partial charge in [-0.3, -0.25) is 4.79 Å². The van der Waals surface area contributed by atoms with Crippen molar-refractivity contribution in [2.24, 2.45) is 0 Å². The van der Waals surface area contributed by atoms with Gasteiger partial charge in [-0.1, -0.05) is 12.1 Å². The molecule has 1 aliphatic heterocycles. The summed E-state index contributed by atoms with van der Waals surface area (Å²) in [6, 6.07) is 10.7. The van der Waals surface area contributed by atoms with Gasteiger partial charge in [-0.25, -0.2) is 0 Å². The third-order valence-electron chi connectivity index (χ3n) is 4.87. The lowest BCUT2D eigenvalue weighted by molar-refractivity contribution is -0.126. The van der Waals surface area contributed by atoms with Crippen LogP contribution in [0, 0.1) is 0 Å². The van der Waals surface area contributed by atoms with Crippen molar-refractivity contribution in [3.8, 4) is 17.2 Å². The summed E-state index contributed by atoms with van der Waals surface area (Å²) in [5, 5.41) is 0. The van der Waals surface area contributed by atoms with Gasteiger partial charge in [0.15, 0.2) is 0 Å². The number of hydrogen-bond acceptors (Lipinski definition) is 4. The first-order valence-electron chi connectivity index (χ1n) is 9.53. The van der Waals surface area contributed by atoms with E-state index in [9.17, 15) is 22.4 Å². The van der Waals surface area contributed by atoms with Gasteiger partial charge in [0.1, 0.15) is 17.2 Å². The molecule has 3 rings (SSSR count). The second-order valence-electron chi connectivity index (χ2n) is 6.75. The van der Waals surface area contributed by atoms with E-state index in [1.165, 1.54) is 24.3 Å². The smallest absolute Gasteiger partial charge is 0.387 e. The molecule has 2 aromatic carbocycles. The lowest BCUT2D eigenvalue weighted by Gasteiger charge is -2.24. The predicted octanol–water partition coefficient (Wildman–Crippen LogP) is 5.27. The molecular weight excluding hydrogens is 418 g/mol. The maximum Gasteiger partial charge on any atom is 0.387 e. The number of halogens is 4. The zero-order valence-corrected chi connectivity index (χ0v) is 16.6. The van der Waals surface area contributed by atoms with Crippen LogP contribution in [0.1, 0.15) is 30.0 Å². The average molecular weight is 439 g/mol. The van der Waals surface area contributed by atoms with Gasteiger partial charge < -0.3 is 19.1 Å². The van der Waals surface area contributed by atoms with Crippen molar-refractivity contribution >= 4 is 12.0 Å². The summed E-state index contributed by atoms with van der Waals surface area (Å²) in [5.74, 6) is -0.280. The molecule has 2 aromatic rings. The normalized spacial score (nSPS) is 16.4. The van der Waals surface area contributed by atoms with Crippen molar-refractivity contribution in [3.63, 3.8) is 0 Å². The van der Waals surface area contributed by atoms with E-state index in [1.54, 1.807) is 12.0 Å². The molecule has 0 aliphatic carbocycles. The monoisotopic (exact) mass is 439 g/mol. The van der Waals surface area contributed by atoms with Crippen molar-refractivity contribution in [3.05, 3.63) is 59.7 Å². The van der Waals surface area contributed by atoms with Crippen molar-refractivity contribution in [2.45, 2.75) is 32.1 Å². The number of carbonyl (C=O) groups is 1. The third kappa shape index (κ3) is 5.90. The Kier molecular flexibility index (Phi) is 7.38. The van der Waals surface area contributed by atoms with E-state index in [2.05, 4.69) is 9.47 Å². The number of methoxy groups -OCH3 is 1. The van der Waals surface area contributed by atoms with Gasteiger partial charge in [0.2, 0.25) is 5.91 Å². The number of alkyl halides is 4. The van der Waals surface area contributed by atoms with Crippen molar-refractivity contribution in [1.82, 2.24) is 4.90 Å². The molecule has 1 aliphatic rings. The van der Waals surface area contributed by atoms with Crippen LogP contribution >= 0.6 is 0 Å². The molecule has 1 atom stereocenters. The highest BCUT2D eigenvalue weighted by atomic mass is 19.3. The number of carbonyl (C=O) groups excluding carboxylic acids is 1. The van der Waals surface area contributed by atoms with Crippen LogP contribution in [0.2, 0.25) is 0 Å². The van der Waals surface area contributed by atoms with Crippen LogP contribution < -0.4 is 14.2 Å². The van der Waals surface area contributed by atoms with Gasteiger partial charge >= 0.3 is 13.2 Å². The Labute approximate surface area is 176 Å². The number of hydrogen-bond donors (Lipinski definition) is 0. The number of rotatable bonds is 8. The van der Waals surface area contributed by atoms with Crippen LogP contribution in [0.5, 0.6) is 17.2 Å². The van der Waals surface area contributed by atoms with Crippen LogP contribution in [0.4, 0.5) is 17.6 Å². The topological polar surface area (TPSA) is 48.0 Å². The molecule has 0 N–H and O–H groups in total. The van der Waals surface area contributed by atoms with E-state index < -0.39 is 13.2 Å². The van der Waals surface area contributed by atoms with E-state index in [4.69, 9.17) is 4.74 Å². The Bertz CT molecular complexity index is 918. The van der Waals surface area contributed by atoms with E-state index in [0.717, 1.165) is 24.5 Å². The van der Waals surface area contributed by atoms with Crippen LogP contribution in [0.3, 0.4) is 0 Å². The van der Waals surface area contributed by atoms with Gasteiger partial charge in [-0.15, -0.1) is 0 Å². The summed E-state index contributed by atoms with van der Waals surface area (Å²) in [7, 11) is 1.57. The van der Waals surface area contributed by atoms with Gasteiger partial charge in [0.05, 0.1) is 13.2 Å². The van der Waals surface area contributed by atoms with Crippen LogP contribution in [0.25, 0.3) is 6.08 Å². The molecule has 0 aromatic heterocycles. The van der Waals surface area contributed by atoms with E-state index in [1.807, 2.05) is 24.3 Å². The Morgan fingerprint density at radius 2 is 1.71 bits per heavy atom. The SMILES string of the molecule is COc1ccc(C2CCCN2C(=O)C=Cc2ccc(OC(F)F)cc2OC(F)F)cc1. The fourth-order valence-electron chi connectivity index (χ4n) is 3.49. The first kappa shape index (κ1) is 22.5. The molecule has 1 unspecified atom stereocenters. The van der Waals surface area contributed by atoms with Gasteiger partial charge in [-0.2, -0.15) is 17.6 Å². The number of benzene rings is 2. The first-order valence-corrected chi connectivity index (χ1v) is 9.53. The second-order valence-corrected chi connectivity index (χ2v) is 6.75. The first-order chi connectivity index (χ1) is 14.9. The van der Waals surface area contributed by atoms with Crippen LogP contribution in [-0.4, -0.2) is 37.7 Å². The lowest BCUT2D eigenvalue weighted by Crippen LogP contribution is -2.28. The second kappa shape index (κ2) is 10.2. The molecule has 0 spiro atoms. The summed E-state index contributed by atoms with van der Waals surface area (Å²) >= 11 is 0. The molecule has 0 bridgehead atoms. The summed E-state index contributed by atoms with van der Waals surface area (Å²) < 4.78 is 63.9. The molecule has 1 amide bonds. The zero-order valence-electron chi connectivity index (χ0n) is 16.6. The van der Waals surface area contributed by atoms with E-state index in [-0.39, 0.29) is 29.0 Å². The average Bonchev–Trinajstić information content (AvgIpc) is 3.22. The molecule has 166 valence electrons. The third-order valence-corrected chi connectivity index (χ3v) is 4.87. The van der Waals surface area contributed by atoms with Gasteiger partial charge in [0, 0.05) is 24.3 Å². The Hall–Kier alpha value is -3.23. The Balaban J connectivity index is 1.77. The summed E-state index contributed by atoms with van der Waals surface area (Å²) in [4.78, 5) is 14.5. The van der Waals surface area contributed by atoms with E-state index in [0.29, 0.717) is 12.3 Å². The molecular formula is C22H21F4NO4. The predicted molar refractivity (Wildman–Crippen MR) is 105 cm³/mol. The molecule has 1 heterocycles. The van der Waals surface area contributed by atoms with Crippen molar-refractivity contribution < 1.29 is 36.6 Å². The summed E-state index contributed by atoms with van der Waals surface area (Å²) in [6.45, 7) is -5.71. The largest absolute Gasteiger partial charge is 0.497 e. The number of likely N-dealkylation sites (tertiary alicyclic amines) is 1. The molecule has 1 fully saturated rings. The fraction of sp³-hybridized carbons (Fsp3) is 0.318. The quantitative estimate of drug-likeness (QED) is 0.415. The molecule has 0 saturated carbocycles.